The van der Waals surface area contributed by atoms with Crippen LogP contribution in [-0.4, -0.2) is 28.3 Å². The predicted molar refractivity (Wildman–Crippen MR) is 77.7 cm³/mol. The number of aromatic nitrogens is 3. The van der Waals surface area contributed by atoms with Crippen molar-refractivity contribution < 1.29 is 4.74 Å². The maximum atomic E-state index is 6.27. The van der Waals surface area contributed by atoms with Crippen LogP contribution >= 0.6 is 11.6 Å². The number of hydrogen-bond acceptors (Lipinski definition) is 3. The average Bonchev–Trinajstić information content (AvgIpc) is 2.74. The third-order valence-corrected chi connectivity index (χ3v) is 3.44. The van der Waals surface area contributed by atoms with Gasteiger partial charge in [0.15, 0.2) is 5.65 Å². The van der Waals surface area contributed by atoms with E-state index in [2.05, 4.69) is 21.5 Å². The molecule has 0 spiro atoms. The van der Waals surface area contributed by atoms with E-state index in [1.807, 2.05) is 26.1 Å². The molecule has 0 N–H and O–H groups in total. The van der Waals surface area contributed by atoms with E-state index in [-0.39, 0.29) is 11.4 Å². The Hall–Kier alpha value is -1.13. The highest BCUT2D eigenvalue weighted by molar-refractivity contribution is 6.20. The van der Waals surface area contributed by atoms with Crippen molar-refractivity contribution >= 4 is 22.8 Å². The van der Waals surface area contributed by atoms with Gasteiger partial charge in [-0.2, -0.15) is 0 Å². The van der Waals surface area contributed by atoms with Crippen LogP contribution in [0.4, 0.5) is 0 Å². The minimum atomic E-state index is -0.152. The highest BCUT2D eigenvalue weighted by Crippen LogP contribution is 2.28. The van der Waals surface area contributed by atoms with Crippen molar-refractivity contribution in [2.45, 2.75) is 38.6 Å². The normalized spacial score (nSPS) is 14.8. The molecule has 0 saturated heterocycles. The van der Waals surface area contributed by atoms with Gasteiger partial charge in [0, 0.05) is 13.3 Å². The van der Waals surface area contributed by atoms with E-state index in [4.69, 9.17) is 16.3 Å². The number of hydrogen-bond donors (Lipinski definition) is 0. The molecule has 0 radical (unpaired) electrons. The zero-order chi connectivity index (χ0) is 14.0. The lowest BCUT2D eigenvalue weighted by Gasteiger charge is -2.19. The number of alkyl halides is 1. The monoisotopic (exact) mass is 281 g/mol. The van der Waals surface area contributed by atoms with E-state index >= 15 is 0 Å². The molecule has 2 aromatic rings. The lowest BCUT2D eigenvalue weighted by atomic mass is 10.2. The van der Waals surface area contributed by atoms with Crippen LogP contribution in [0.5, 0.6) is 0 Å². The second kappa shape index (κ2) is 5.88. The SMILES string of the molecule is CCC(COC)n1c(C(C)Cl)nc2cc(C)cnc21. The van der Waals surface area contributed by atoms with Crippen molar-refractivity contribution in [2.24, 2.45) is 0 Å². The molecule has 0 saturated carbocycles. The van der Waals surface area contributed by atoms with E-state index in [9.17, 15) is 0 Å². The van der Waals surface area contributed by atoms with Crippen LogP contribution in [0, 0.1) is 6.92 Å². The summed E-state index contributed by atoms with van der Waals surface area (Å²) < 4.78 is 7.43. The summed E-state index contributed by atoms with van der Waals surface area (Å²) in [5.74, 6) is 0.860. The standard InChI is InChI=1S/C14H20ClN3O/c1-5-11(8-19-4)18-13(10(3)15)17-12-6-9(2)7-16-14(12)18/h6-7,10-11H,5,8H2,1-4H3. The van der Waals surface area contributed by atoms with Gasteiger partial charge in [-0.3, -0.25) is 0 Å². The molecule has 0 bridgehead atoms. The van der Waals surface area contributed by atoms with Gasteiger partial charge in [-0.1, -0.05) is 6.92 Å². The lowest BCUT2D eigenvalue weighted by molar-refractivity contribution is 0.153. The summed E-state index contributed by atoms with van der Waals surface area (Å²) in [7, 11) is 1.71. The molecular weight excluding hydrogens is 262 g/mol. The second-order valence-corrected chi connectivity index (χ2v) is 5.48. The van der Waals surface area contributed by atoms with Crippen molar-refractivity contribution in [3.8, 4) is 0 Å². The van der Waals surface area contributed by atoms with Gasteiger partial charge in [0.2, 0.25) is 0 Å². The Balaban J connectivity index is 2.63. The van der Waals surface area contributed by atoms with E-state index in [0.29, 0.717) is 6.61 Å². The molecule has 5 heteroatoms. The van der Waals surface area contributed by atoms with Crippen molar-refractivity contribution in [1.29, 1.82) is 0 Å². The summed E-state index contributed by atoms with van der Waals surface area (Å²) in [4.78, 5) is 9.16. The van der Waals surface area contributed by atoms with E-state index in [1.54, 1.807) is 7.11 Å². The number of fused-ring (bicyclic) bond motifs is 1. The van der Waals surface area contributed by atoms with Gasteiger partial charge in [0.1, 0.15) is 11.3 Å². The van der Waals surface area contributed by atoms with Crippen LogP contribution < -0.4 is 0 Å². The number of pyridine rings is 1. The maximum Gasteiger partial charge on any atom is 0.160 e. The summed E-state index contributed by atoms with van der Waals surface area (Å²) in [5, 5.41) is -0.152. The average molecular weight is 282 g/mol. The summed E-state index contributed by atoms with van der Waals surface area (Å²) in [6.45, 7) is 6.72. The third kappa shape index (κ3) is 2.74. The summed E-state index contributed by atoms with van der Waals surface area (Å²) >= 11 is 6.27. The summed E-state index contributed by atoms with van der Waals surface area (Å²) in [5.41, 5.74) is 2.89. The van der Waals surface area contributed by atoms with E-state index in [1.165, 1.54) is 0 Å². The fourth-order valence-electron chi connectivity index (χ4n) is 2.31. The third-order valence-electron chi connectivity index (χ3n) is 3.25. The molecule has 0 aliphatic carbocycles. The highest BCUT2D eigenvalue weighted by Gasteiger charge is 2.21. The van der Waals surface area contributed by atoms with Crippen LogP contribution in [0.3, 0.4) is 0 Å². The molecule has 0 aliphatic rings. The zero-order valence-corrected chi connectivity index (χ0v) is 12.6. The number of aryl methyl sites for hydroxylation is 1. The molecule has 19 heavy (non-hydrogen) atoms. The number of rotatable bonds is 5. The molecule has 104 valence electrons. The topological polar surface area (TPSA) is 39.9 Å². The maximum absolute atomic E-state index is 6.27. The van der Waals surface area contributed by atoms with Gasteiger partial charge in [-0.15, -0.1) is 11.6 Å². The Kier molecular flexibility index (Phi) is 4.42. The molecule has 0 aliphatic heterocycles. The van der Waals surface area contributed by atoms with Crippen LogP contribution in [0.15, 0.2) is 12.3 Å². The van der Waals surface area contributed by atoms with Gasteiger partial charge in [0.25, 0.3) is 0 Å². The Bertz CT molecular complexity index is 565. The van der Waals surface area contributed by atoms with Crippen LogP contribution in [-0.2, 0) is 4.74 Å². The molecular formula is C14H20ClN3O. The smallest absolute Gasteiger partial charge is 0.160 e. The van der Waals surface area contributed by atoms with Crippen LogP contribution in [0.25, 0.3) is 11.2 Å². The Morgan fingerprint density at radius 2 is 2.21 bits per heavy atom. The van der Waals surface area contributed by atoms with Gasteiger partial charge >= 0.3 is 0 Å². The number of imidazole rings is 1. The van der Waals surface area contributed by atoms with Crippen LogP contribution in [0.2, 0.25) is 0 Å². The van der Waals surface area contributed by atoms with Crippen LogP contribution in [0.1, 0.15) is 43.1 Å². The number of halogens is 1. The molecule has 2 unspecified atom stereocenters. The number of methoxy groups -OCH3 is 1. The first-order valence-corrected chi connectivity index (χ1v) is 6.99. The fraction of sp³-hybridized carbons (Fsp3) is 0.571. The minimum Gasteiger partial charge on any atom is -0.383 e. The lowest BCUT2D eigenvalue weighted by Crippen LogP contribution is -2.17. The van der Waals surface area contributed by atoms with Gasteiger partial charge in [-0.05, 0) is 31.9 Å². The molecule has 0 amide bonds. The quantitative estimate of drug-likeness (QED) is 0.786. The second-order valence-electron chi connectivity index (χ2n) is 4.83. The van der Waals surface area contributed by atoms with E-state index in [0.717, 1.165) is 29.0 Å². The molecule has 0 aromatic carbocycles. The first-order valence-electron chi connectivity index (χ1n) is 6.56. The van der Waals surface area contributed by atoms with Crippen molar-refractivity contribution in [1.82, 2.24) is 14.5 Å². The van der Waals surface area contributed by atoms with Gasteiger partial charge < -0.3 is 9.30 Å². The molecule has 2 rings (SSSR count). The summed E-state index contributed by atoms with van der Waals surface area (Å²) in [6, 6.07) is 2.25. The molecule has 2 aromatic heterocycles. The zero-order valence-electron chi connectivity index (χ0n) is 11.9. The van der Waals surface area contributed by atoms with Crippen molar-refractivity contribution in [3.63, 3.8) is 0 Å². The predicted octanol–water partition coefficient (Wildman–Crippen LogP) is 3.64. The first-order chi connectivity index (χ1) is 9.08. The first kappa shape index (κ1) is 14.3. The number of nitrogens with zero attached hydrogens (tertiary/aromatic N) is 3. The van der Waals surface area contributed by atoms with Crippen molar-refractivity contribution in [3.05, 3.63) is 23.7 Å². The van der Waals surface area contributed by atoms with E-state index < -0.39 is 0 Å². The Morgan fingerprint density at radius 3 is 2.79 bits per heavy atom. The molecule has 4 nitrogen and oxygen atoms in total. The van der Waals surface area contributed by atoms with Gasteiger partial charge in [-0.25, -0.2) is 9.97 Å². The largest absolute Gasteiger partial charge is 0.383 e. The molecule has 0 fully saturated rings. The minimum absolute atomic E-state index is 0.152. The Morgan fingerprint density at radius 1 is 1.47 bits per heavy atom. The Labute approximate surface area is 118 Å². The molecule has 2 atom stereocenters. The number of ether oxygens (including phenoxy) is 1. The highest BCUT2D eigenvalue weighted by atomic mass is 35.5. The molecule has 2 heterocycles. The summed E-state index contributed by atoms with van der Waals surface area (Å²) in [6.07, 6.45) is 2.81. The van der Waals surface area contributed by atoms with Crippen molar-refractivity contribution in [2.75, 3.05) is 13.7 Å². The fourth-order valence-corrected chi connectivity index (χ4v) is 2.46. The van der Waals surface area contributed by atoms with Gasteiger partial charge in [0.05, 0.1) is 18.0 Å².